The Morgan fingerprint density at radius 2 is 1.64 bits per heavy atom. The third-order valence-electron chi connectivity index (χ3n) is 8.34. The summed E-state index contributed by atoms with van der Waals surface area (Å²) >= 11 is 0. The van der Waals surface area contributed by atoms with Crippen LogP contribution in [-0.2, 0) is 23.1 Å². The van der Waals surface area contributed by atoms with Crippen molar-refractivity contribution in [1.29, 1.82) is 5.26 Å². The lowest BCUT2D eigenvalue weighted by Gasteiger charge is -2.34. The first-order valence-electron chi connectivity index (χ1n) is 14.2. The number of carbonyl (C=O) groups excluding carboxylic acids is 3. The van der Waals surface area contributed by atoms with Crippen molar-refractivity contribution in [2.75, 3.05) is 33.7 Å². The lowest BCUT2D eigenvalue weighted by molar-refractivity contribution is -0.130. The predicted molar refractivity (Wildman–Crippen MR) is 154 cm³/mol. The average molecular weight is 570 g/mol. The van der Waals surface area contributed by atoms with Crippen molar-refractivity contribution in [3.63, 3.8) is 0 Å². The molecule has 1 atom stereocenters. The standard InChI is InChI=1S/C31H35N7O4/c1-19-36-37-30(42-19)31(12-13-35-18-27(39)38-14-4-5-24(38)17-32)25-10-8-22(28(40)33-2)15-20(25)6-7-21-16-23(29(41)34-3)9-11-26(21)31/h8-11,15-16,24,35H,4-7,12-14,18H2,1-3H3,(H,33,40)(H,34,41). The number of hydrogen-bond donors (Lipinski definition) is 3. The van der Waals surface area contributed by atoms with Gasteiger partial charge in [-0.05, 0) is 85.2 Å². The van der Waals surface area contributed by atoms with Gasteiger partial charge in [0.2, 0.25) is 17.7 Å². The van der Waals surface area contributed by atoms with Crippen LogP contribution in [0.1, 0.15) is 74.0 Å². The lowest BCUT2D eigenvalue weighted by Crippen LogP contribution is -2.42. The van der Waals surface area contributed by atoms with E-state index in [-0.39, 0.29) is 30.3 Å². The number of rotatable bonds is 8. The Morgan fingerprint density at radius 1 is 1.02 bits per heavy atom. The number of benzene rings is 2. The Hall–Kier alpha value is -4.56. The van der Waals surface area contributed by atoms with Gasteiger partial charge in [-0.2, -0.15) is 5.26 Å². The highest BCUT2D eigenvalue weighted by Crippen LogP contribution is 2.47. The summed E-state index contributed by atoms with van der Waals surface area (Å²) < 4.78 is 6.16. The fourth-order valence-electron chi connectivity index (χ4n) is 6.27. The number of aryl methyl sites for hydroxylation is 3. The first kappa shape index (κ1) is 29.0. The number of fused-ring (bicyclic) bond motifs is 2. The van der Waals surface area contributed by atoms with Crippen LogP contribution in [0.2, 0.25) is 0 Å². The number of nitrogens with one attached hydrogen (secondary N) is 3. The minimum absolute atomic E-state index is 0.0993. The smallest absolute Gasteiger partial charge is 0.251 e. The second kappa shape index (κ2) is 12.1. The topological polar surface area (TPSA) is 153 Å². The summed E-state index contributed by atoms with van der Waals surface area (Å²) in [4.78, 5) is 39.7. The number of amides is 3. The van der Waals surface area contributed by atoms with Crippen molar-refractivity contribution in [2.24, 2.45) is 0 Å². The monoisotopic (exact) mass is 569 g/mol. The quantitative estimate of drug-likeness (QED) is 0.348. The van der Waals surface area contributed by atoms with Gasteiger partial charge in [0, 0.05) is 38.7 Å². The summed E-state index contributed by atoms with van der Waals surface area (Å²) in [5.41, 5.74) is 3.98. The summed E-state index contributed by atoms with van der Waals surface area (Å²) in [5.74, 6) is 0.355. The summed E-state index contributed by atoms with van der Waals surface area (Å²) in [6.07, 6.45) is 3.26. The molecule has 2 aromatic carbocycles. The van der Waals surface area contributed by atoms with E-state index in [4.69, 9.17) is 4.42 Å². The number of hydrogen-bond acceptors (Lipinski definition) is 8. The molecular formula is C31H35N7O4. The van der Waals surface area contributed by atoms with Crippen LogP contribution in [0.15, 0.2) is 40.8 Å². The fourth-order valence-corrected chi connectivity index (χ4v) is 6.27. The third-order valence-corrected chi connectivity index (χ3v) is 8.34. The van der Waals surface area contributed by atoms with Gasteiger partial charge < -0.3 is 25.3 Å². The molecule has 0 bridgehead atoms. The van der Waals surface area contributed by atoms with E-state index < -0.39 is 5.41 Å². The van der Waals surface area contributed by atoms with Crippen molar-refractivity contribution in [2.45, 2.75) is 50.5 Å². The van der Waals surface area contributed by atoms with Crippen LogP contribution in [0.5, 0.6) is 0 Å². The van der Waals surface area contributed by atoms with Crippen LogP contribution in [-0.4, -0.2) is 72.6 Å². The second-order valence-corrected chi connectivity index (χ2v) is 10.7. The largest absolute Gasteiger partial charge is 0.424 e. The average Bonchev–Trinajstić information content (AvgIpc) is 3.66. The molecule has 1 aromatic heterocycles. The van der Waals surface area contributed by atoms with Gasteiger partial charge in [0.1, 0.15) is 11.5 Å². The van der Waals surface area contributed by atoms with Crippen molar-refractivity contribution in [1.82, 2.24) is 31.0 Å². The maximum absolute atomic E-state index is 12.9. The van der Waals surface area contributed by atoms with Crippen LogP contribution in [0.25, 0.3) is 0 Å². The van der Waals surface area contributed by atoms with Crippen LogP contribution in [0.3, 0.4) is 0 Å². The molecule has 1 aliphatic carbocycles. The van der Waals surface area contributed by atoms with Gasteiger partial charge in [-0.25, -0.2) is 0 Å². The van der Waals surface area contributed by atoms with Gasteiger partial charge in [0.05, 0.1) is 12.6 Å². The number of carbonyl (C=O) groups is 3. The maximum atomic E-state index is 12.9. The molecule has 0 saturated carbocycles. The van der Waals surface area contributed by atoms with Gasteiger partial charge in [-0.3, -0.25) is 14.4 Å². The molecule has 1 aliphatic heterocycles. The van der Waals surface area contributed by atoms with E-state index in [1.807, 2.05) is 24.3 Å². The Balaban J connectivity index is 1.58. The van der Waals surface area contributed by atoms with E-state index >= 15 is 0 Å². The molecule has 11 nitrogen and oxygen atoms in total. The minimum atomic E-state index is -0.913. The van der Waals surface area contributed by atoms with Gasteiger partial charge in [-0.1, -0.05) is 12.1 Å². The lowest BCUT2D eigenvalue weighted by atomic mass is 9.69. The van der Waals surface area contributed by atoms with Gasteiger partial charge >= 0.3 is 0 Å². The summed E-state index contributed by atoms with van der Waals surface area (Å²) in [6, 6.07) is 13.2. The minimum Gasteiger partial charge on any atom is -0.424 e. The molecule has 0 radical (unpaired) electrons. The van der Waals surface area contributed by atoms with Gasteiger partial charge in [0.15, 0.2) is 0 Å². The van der Waals surface area contributed by atoms with Crippen LogP contribution in [0, 0.1) is 18.3 Å². The van der Waals surface area contributed by atoms with E-state index in [1.165, 1.54) is 0 Å². The molecule has 2 heterocycles. The Labute approximate surface area is 244 Å². The highest BCUT2D eigenvalue weighted by Gasteiger charge is 2.45. The van der Waals surface area contributed by atoms with Crippen molar-refractivity contribution in [3.8, 4) is 6.07 Å². The zero-order valence-corrected chi connectivity index (χ0v) is 24.1. The Kier molecular flexibility index (Phi) is 8.36. The fraction of sp³-hybridized carbons (Fsp3) is 0.419. The summed E-state index contributed by atoms with van der Waals surface area (Å²) in [6.45, 7) is 2.85. The van der Waals surface area contributed by atoms with Gasteiger partial charge in [0.25, 0.3) is 11.8 Å². The van der Waals surface area contributed by atoms with E-state index in [0.717, 1.165) is 28.7 Å². The van der Waals surface area contributed by atoms with E-state index in [1.54, 1.807) is 38.1 Å². The molecule has 2 aliphatic rings. The molecule has 11 heteroatoms. The zero-order valence-electron chi connectivity index (χ0n) is 24.1. The van der Waals surface area contributed by atoms with E-state index in [2.05, 4.69) is 32.2 Å². The maximum Gasteiger partial charge on any atom is 0.251 e. The first-order valence-corrected chi connectivity index (χ1v) is 14.2. The van der Waals surface area contributed by atoms with E-state index in [0.29, 0.717) is 61.7 Å². The number of likely N-dealkylation sites (tertiary alicyclic amines) is 1. The normalized spacial score (nSPS) is 17.0. The van der Waals surface area contributed by atoms with Crippen LogP contribution in [0.4, 0.5) is 0 Å². The molecule has 3 amide bonds. The Bertz CT molecular complexity index is 1490. The zero-order chi connectivity index (χ0) is 29.9. The third kappa shape index (κ3) is 5.25. The number of nitriles is 1. The predicted octanol–water partition coefficient (Wildman–Crippen LogP) is 2.02. The number of aromatic nitrogens is 2. The second-order valence-electron chi connectivity index (χ2n) is 10.7. The van der Waals surface area contributed by atoms with E-state index in [9.17, 15) is 19.6 Å². The van der Waals surface area contributed by atoms with Crippen molar-refractivity contribution in [3.05, 3.63) is 81.6 Å². The highest BCUT2D eigenvalue weighted by molar-refractivity contribution is 5.95. The number of nitrogens with zero attached hydrogens (tertiary/aromatic N) is 4. The summed E-state index contributed by atoms with van der Waals surface area (Å²) in [5, 5.41) is 26.8. The summed E-state index contributed by atoms with van der Waals surface area (Å²) in [7, 11) is 3.20. The molecule has 3 N–H and O–H groups in total. The van der Waals surface area contributed by atoms with Crippen molar-refractivity contribution >= 4 is 17.7 Å². The molecule has 1 saturated heterocycles. The molecular weight excluding hydrogens is 534 g/mol. The van der Waals surface area contributed by atoms with Crippen LogP contribution < -0.4 is 16.0 Å². The first-order chi connectivity index (χ1) is 20.3. The molecule has 3 aromatic rings. The Morgan fingerprint density at radius 3 is 2.17 bits per heavy atom. The molecule has 218 valence electrons. The van der Waals surface area contributed by atoms with Crippen molar-refractivity contribution < 1.29 is 18.8 Å². The molecule has 0 spiro atoms. The molecule has 5 rings (SSSR count). The SMILES string of the molecule is CNC(=O)c1ccc2c(c1)CCc1cc(C(=O)NC)ccc1C2(CCNCC(=O)N1CCCC1C#N)c1nnc(C)o1. The van der Waals surface area contributed by atoms with Crippen LogP contribution >= 0.6 is 0 Å². The highest BCUT2D eigenvalue weighted by atomic mass is 16.4. The molecule has 1 fully saturated rings. The molecule has 42 heavy (non-hydrogen) atoms. The van der Waals surface area contributed by atoms with Gasteiger partial charge in [-0.15, -0.1) is 10.2 Å². The molecule has 1 unspecified atom stereocenters.